The molecule has 1 N–H and O–H groups in total. The topological polar surface area (TPSA) is 63.6 Å². The molecule has 5 heteroatoms. The third-order valence-corrected chi connectivity index (χ3v) is 3.14. The fourth-order valence-corrected chi connectivity index (χ4v) is 1.89. The quantitative estimate of drug-likeness (QED) is 0.332. The number of hydrogen-bond donors (Lipinski definition) is 1. The molecule has 20 heavy (non-hydrogen) atoms. The molecule has 1 unspecified atom stereocenters. The van der Waals surface area contributed by atoms with Crippen LogP contribution in [0.15, 0.2) is 0 Å². The largest absolute Gasteiger partial charge is 1.00 e. The molecule has 0 fully saturated rings. The third-order valence-electron chi connectivity index (χ3n) is 3.14. The van der Waals surface area contributed by atoms with Crippen LogP contribution in [0.1, 0.15) is 79.5 Å². The van der Waals surface area contributed by atoms with Gasteiger partial charge in [-0.2, -0.15) is 0 Å². The number of esters is 1. The molecule has 0 bridgehead atoms. The first-order valence-electron chi connectivity index (χ1n) is 7.50. The van der Waals surface area contributed by atoms with E-state index in [0.29, 0.717) is 6.42 Å². The van der Waals surface area contributed by atoms with Crippen molar-refractivity contribution in [1.29, 1.82) is 0 Å². The maximum Gasteiger partial charge on any atom is 1.00 e. The molecule has 0 aromatic rings. The fraction of sp³-hybridized carbons (Fsp3) is 0.867. The zero-order valence-electron chi connectivity index (χ0n) is 14.3. The van der Waals surface area contributed by atoms with E-state index in [9.17, 15) is 9.59 Å². The second-order valence-corrected chi connectivity index (χ2v) is 5.05. The predicted octanol–water partition coefficient (Wildman–Crippen LogP) is 1.04. The van der Waals surface area contributed by atoms with E-state index in [-0.39, 0.29) is 31.0 Å². The maximum atomic E-state index is 11.3. The zero-order valence-corrected chi connectivity index (χ0v) is 15.3. The monoisotopic (exact) mass is 296 g/mol. The van der Waals surface area contributed by atoms with E-state index in [0.717, 1.165) is 19.3 Å². The van der Waals surface area contributed by atoms with Crippen molar-refractivity contribution >= 4 is 11.9 Å². The van der Waals surface area contributed by atoms with Gasteiger partial charge in [0.2, 0.25) is 0 Å². The summed E-state index contributed by atoms with van der Waals surface area (Å²) in [5.41, 5.74) is 0. The Morgan fingerprint density at radius 3 is 1.90 bits per heavy atom. The Morgan fingerprint density at radius 2 is 1.45 bits per heavy atom. The van der Waals surface area contributed by atoms with Crippen LogP contribution in [-0.4, -0.2) is 23.1 Å². The Hall–Kier alpha value is -0.0600. The van der Waals surface area contributed by atoms with E-state index < -0.39 is 18.0 Å². The van der Waals surface area contributed by atoms with Crippen molar-refractivity contribution in [1.82, 2.24) is 0 Å². The van der Waals surface area contributed by atoms with Crippen LogP contribution in [0, 0.1) is 0 Å². The number of ether oxygens (including phenoxy) is 1. The summed E-state index contributed by atoms with van der Waals surface area (Å²) >= 11 is 0. The number of carbonyl (C=O) groups excluding carboxylic acids is 1. The van der Waals surface area contributed by atoms with E-state index in [1.54, 1.807) is 0 Å². The maximum absolute atomic E-state index is 11.3. The molecule has 0 rings (SSSR count). The van der Waals surface area contributed by atoms with Gasteiger partial charge in [-0.3, -0.25) is 4.79 Å². The summed E-state index contributed by atoms with van der Waals surface area (Å²) in [6.07, 6.45) is 9.99. The molecule has 0 aliphatic heterocycles. The molecule has 0 aliphatic carbocycles. The van der Waals surface area contributed by atoms with Gasteiger partial charge >= 0.3 is 41.5 Å². The first-order chi connectivity index (χ1) is 9.07. The van der Waals surface area contributed by atoms with Crippen molar-refractivity contribution in [3.8, 4) is 0 Å². The number of carboxylic acids is 1. The standard InChI is InChI=1S/C15H28O4.Na.H/c1-3-4-5-6-7-8-9-10-11-12-14(16)19-13(2)15(17)18;;/h13H,3-12H2,1-2H3,(H,17,18);;/q;+1;-1. The zero-order chi connectivity index (χ0) is 14.5. The first kappa shape index (κ1) is 22.2. The van der Waals surface area contributed by atoms with Crippen LogP contribution in [-0.2, 0) is 14.3 Å². The number of hydrogen-bond acceptors (Lipinski definition) is 3. The molecular weight excluding hydrogens is 267 g/mol. The molecule has 4 nitrogen and oxygen atoms in total. The van der Waals surface area contributed by atoms with Gasteiger partial charge < -0.3 is 11.3 Å². The molecule has 0 spiro atoms. The summed E-state index contributed by atoms with van der Waals surface area (Å²) in [4.78, 5) is 21.8. The molecule has 0 aromatic heterocycles. The van der Waals surface area contributed by atoms with E-state index in [4.69, 9.17) is 9.84 Å². The molecule has 0 aromatic carbocycles. The summed E-state index contributed by atoms with van der Waals surface area (Å²) in [5.74, 6) is -1.50. The number of carboxylic acid groups (broad SMARTS) is 1. The van der Waals surface area contributed by atoms with Crippen LogP contribution in [0.4, 0.5) is 0 Å². The Labute approximate surface area is 146 Å². The molecule has 0 saturated heterocycles. The summed E-state index contributed by atoms with van der Waals surface area (Å²) in [6.45, 7) is 3.58. The van der Waals surface area contributed by atoms with Crippen LogP contribution in [0.3, 0.4) is 0 Å². The minimum absolute atomic E-state index is 0. The van der Waals surface area contributed by atoms with Gasteiger partial charge in [0.1, 0.15) is 0 Å². The molecule has 0 amide bonds. The Bertz CT molecular complexity index is 262. The molecule has 0 saturated carbocycles. The first-order valence-corrected chi connectivity index (χ1v) is 7.50. The number of unbranched alkanes of at least 4 members (excludes halogenated alkanes) is 8. The Balaban J connectivity index is -0.00000162. The molecule has 1 atom stereocenters. The van der Waals surface area contributed by atoms with Crippen LogP contribution in [0.2, 0.25) is 0 Å². The van der Waals surface area contributed by atoms with Crippen molar-refractivity contribution in [2.45, 2.75) is 84.2 Å². The molecular formula is C15H29NaO4. The molecule has 0 aliphatic rings. The van der Waals surface area contributed by atoms with Gasteiger partial charge in [-0.05, 0) is 13.3 Å². The van der Waals surface area contributed by atoms with Gasteiger partial charge in [0.05, 0.1) is 0 Å². The van der Waals surface area contributed by atoms with E-state index >= 15 is 0 Å². The number of rotatable bonds is 12. The average Bonchev–Trinajstić information content (AvgIpc) is 2.36. The smallest absolute Gasteiger partial charge is 1.00 e. The number of aliphatic carboxylic acids is 1. The Morgan fingerprint density at radius 1 is 1.00 bits per heavy atom. The summed E-state index contributed by atoms with van der Waals surface area (Å²) in [6, 6.07) is 0. The van der Waals surface area contributed by atoms with Crippen LogP contribution in [0.5, 0.6) is 0 Å². The minimum atomic E-state index is -1.10. The summed E-state index contributed by atoms with van der Waals surface area (Å²) < 4.78 is 4.75. The third kappa shape index (κ3) is 14.4. The SMILES string of the molecule is CCCCCCCCCCCC(=O)OC(C)C(=O)O.[H-].[Na+]. The molecule has 114 valence electrons. The van der Waals surface area contributed by atoms with Gasteiger partial charge in [-0.15, -0.1) is 0 Å². The predicted molar refractivity (Wildman–Crippen MR) is 76.1 cm³/mol. The van der Waals surface area contributed by atoms with Crippen LogP contribution < -0.4 is 29.6 Å². The average molecular weight is 296 g/mol. The molecule has 0 heterocycles. The second kappa shape index (κ2) is 15.3. The van der Waals surface area contributed by atoms with Crippen molar-refractivity contribution in [3.05, 3.63) is 0 Å². The van der Waals surface area contributed by atoms with Gasteiger partial charge in [0.15, 0.2) is 6.10 Å². The van der Waals surface area contributed by atoms with Crippen molar-refractivity contribution < 1.29 is 50.4 Å². The second-order valence-electron chi connectivity index (χ2n) is 5.05. The van der Waals surface area contributed by atoms with Gasteiger partial charge in [-0.25, -0.2) is 4.79 Å². The van der Waals surface area contributed by atoms with E-state index in [1.165, 1.54) is 45.4 Å². The van der Waals surface area contributed by atoms with Crippen LogP contribution in [0.25, 0.3) is 0 Å². The fourth-order valence-electron chi connectivity index (χ4n) is 1.89. The number of carbonyl (C=O) groups is 2. The Kier molecular flexibility index (Phi) is 17.0. The normalized spacial score (nSPS) is 11.5. The van der Waals surface area contributed by atoms with E-state index in [2.05, 4.69) is 6.92 Å². The van der Waals surface area contributed by atoms with Crippen molar-refractivity contribution in [2.75, 3.05) is 0 Å². The summed E-state index contributed by atoms with van der Waals surface area (Å²) in [5, 5.41) is 8.58. The van der Waals surface area contributed by atoms with Crippen LogP contribution >= 0.6 is 0 Å². The van der Waals surface area contributed by atoms with Crippen molar-refractivity contribution in [3.63, 3.8) is 0 Å². The minimum Gasteiger partial charge on any atom is -1.00 e. The summed E-state index contributed by atoms with van der Waals surface area (Å²) in [7, 11) is 0. The van der Waals surface area contributed by atoms with Crippen molar-refractivity contribution in [2.24, 2.45) is 0 Å². The van der Waals surface area contributed by atoms with Gasteiger partial charge in [0, 0.05) is 6.42 Å². The van der Waals surface area contributed by atoms with E-state index in [1.807, 2.05) is 0 Å². The molecule has 0 radical (unpaired) electrons. The van der Waals surface area contributed by atoms with Gasteiger partial charge in [-0.1, -0.05) is 58.3 Å². The van der Waals surface area contributed by atoms with Gasteiger partial charge in [0.25, 0.3) is 0 Å².